The van der Waals surface area contributed by atoms with Gasteiger partial charge in [0.05, 0.1) is 10.4 Å². The van der Waals surface area contributed by atoms with Gasteiger partial charge in [0, 0.05) is 13.1 Å². The van der Waals surface area contributed by atoms with E-state index in [1.807, 2.05) is 0 Å². The molecule has 1 aliphatic carbocycles. The van der Waals surface area contributed by atoms with Crippen LogP contribution in [0.3, 0.4) is 0 Å². The molecule has 96 valence electrons. The van der Waals surface area contributed by atoms with Crippen molar-refractivity contribution in [3.8, 4) is 0 Å². The second-order valence-electron chi connectivity index (χ2n) is 5.43. The number of likely N-dealkylation sites (tertiary alicyclic amines) is 1. The normalized spacial score (nSPS) is 27.5. The molecular formula is C12H21N3OS. The van der Waals surface area contributed by atoms with Crippen LogP contribution < -0.4 is 11.1 Å². The largest absolute Gasteiger partial charge is 0.392 e. The Balaban J connectivity index is 1.83. The molecule has 0 aromatic heterocycles. The zero-order valence-electron chi connectivity index (χ0n) is 10.4. The van der Waals surface area contributed by atoms with Gasteiger partial charge in [0.2, 0.25) is 5.91 Å². The minimum absolute atomic E-state index is 0.0470. The molecule has 0 spiro atoms. The van der Waals surface area contributed by atoms with E-state index in [9.17, 15) is 4.79 Å². The first-order valence-electron chi connectivity index (χ1n) is 6.31. The van der Waals surface area contributed by atoms with Gasteiger partial charge in [-0.3, -0.25) is 4.79 Å². The molecule has 2 fully saturated rings. The summed E-state index contributed by atoms with van der Waals surface area (Å²) in [7, 11) is 2.12. The van der Waals surface area contributed by atoms with E-state index in [0.717, 1.165) is 45.3 Å². The van der Waals surface area contributed by atoms with Crippen molar-refractivity contribution in [3.63, 3.8) is 0 Å². The first-order chi connectivity index (χ1) is 8.04. The van der Waals surface area contributed by atoms with Gasteiger partial charge in [-0.05, 0) is 38.8 Å². The maximum Gasteiger partial charge on any atom is 0.233 e. The summed E-state index contributed by atoms with van der Waals surface area (Å²) in [6, 6.07) is 0. The summed E-state index contributed by atoms with van der Waals surface area (Å²) in [5, 5.41) is 3.04. The number of hydrogen-bond acceptors (Lipinski definition) is 3. The maximum absolute atomic E-state index is 12.1. The summed E-state index contributed by atoms with van der Waals surface area (Å²) < 4.78 is 0. The fraction of sp³-hybridized carbons (Fsp3) is 0.833. The lowest BCUT2D eigenvalue weighted by Gasteiger charge is -2.39. The van der Waals surface area contributed by atoms with Crippen molar-refractivity contribution in [1.82, 2.24) is 10.2 Å². The van der Waals surface area contributed by atoms with E-state index in [4.69, 9.17) is 18.0 Å². The monoisotopic (exact) mass is 255 g/mol. The number of hydrogen-bond donors (Lipinski definition) is 2. The fourth-order valence-corrected chi connectivity index (χ4v) is 3.01. The van der Waals surface area contributed by atoms with Crippen LogP contribution in [0.2, 0.25) is 0 Å². The highest BCUT2D eigenvalue weighted by molar-refractivity contribution is 7.80. The molecule has 1 unspecified atom stereocenters. The van der Waals surface area contributed by atoms with Gasteiger partial charge < -0.3 is 16.0 Å². The van der Waals surface area contributed by atoms with Gasteiger partial charge in [-0.15, -0.1) is 0 Å². The third-order valence-electron chi connectivity index (χ3n) is 4.15. The lowest BCUT2D eigenvalue weighted by molar-refractivity contribution is -0.131. The Kier molecular flexibility index (Phi) is 3.68. The van der Waals surface area contributed by atoms with Gasteiger partial charge in [0.25, 0.3) is 0 Å². The molecule has 1 heterocycles. The quantitative estimate of drug-likeness (QED) is 0.719. The number of nitrogens with zero attached hydrogens (tertiary/aromatic N) is 1. The van der Waals surface area contributed by atoms with Gasteiger partial charge in [0.15, 0.2) is 0 Å². The smallest absolute Gasteiger partial charge is 0.233 e. The molecule has 0 radical (unpaired) electrons. The van der Waals surface area contributed by atoms with Gasteiger partial charge in [-0.25, -0.2) is 0 Å². The van der Waals surface area contributed by atoms with Crippen LogP contribution in [0.25, 0.3) is 0 Å². The van der Waals surface area contributed by atoms with Crippen molar-refractivity contribution in [2.75, 3.05) is 26.7 Å². The van der Waals surface area contributed by atoms with E-state index in [0.29, 0.717) is 10.9 Å². The van der Waals surface area contributed by atoms with Gasteiger partial charge in [0.1, 0.15) is 0 Å². The summed E-state index contributed by atoms with van der Waals surface area (Å²) in [5.41, 5.74) is 5.17. The molecular weight excluding hydrogens is 234 g/mol. The first kappa shape index (κ1) is 12.8. The molecule has 4 nitrogen and oxygen atoms in total. The Labute approximate surface area is 108 Å². The summed E-state index contributed by atoms with van der Waals surface area (Å²) in [6.45, 7) is 2.95. The molecule has 5 heteroatoms. The Hall–Kier alpha value is -0.680. The van der Waals surface area contributed by atoms with Crippen LogP contribution in [-0.2, 0) is 4.79 Å². The molecule has 1 saturated heterocycles. The molecule has 2 aliphatic rings. The molecule has 0 bridgehead atoms. The zero-order chi connectivity index (χ0) is 12.5. The van der Waals surface area contributed by atoms with Crippen LogP contribution in [0.5, 0.6) is 0 Å². The second-order valence-corrected chi connectivity index (χ2v) is 5.87. The van der Waals surface area contributed by atoms with E-state index < -0.39 is 5.41 Å². The van der Waals surface area contributed by atoms with Crippen molar-refractivity contribution in [2.24, 2.45) is 17.1 Å². The molecule has 1 amide bonds. The van der Waals surface area contributed by atoms with E-state index >= 15 is 0 Å². The van der Waals surface area contributed by atoms with Crippen LogP contribution in [0, 0.1) is 11.3 Å². The van der Waals surface area contributed by atoms with Crippen LogP contribution in [-0.4, -0.2) is 42.5 Å². The van der Waals surface area contributed by atoms with Crippen LogP contribution >= 0.6 is 12.2 Å². The molecule has 2 rings (SSSR count). The number of amides is 1. The molecule has 1 saturated carbocycles. The minimum atomic E-state index is -0.528. The maximum atomic E-state index is 12.1. The third-order valence-corrected chi connectivity index (χ3v) is 4.54. The Morgan fingerprint density at radius 3 is 2.71 bits per heavy atom. The minimum Gasteiger partial charge on any atom is -0.392 e. The van der Waals surface area contributed by atoms with Crippen LogP contribution in [0.4, 0.5) is 0 Å². The average Bonchev–Trinajstić information content (AvgIpc) is 2.59. The SMILES string of the molecule is CN1CCC(CNC(=O)C2(C(N)=S)CCC2)C1. The molecule has 0 aromatic carbocycles. The van der Waals surface area contributed by atoms with E-state index in [-0.39, 0.29) is 5.91 Å². The number of nitrogens with two attached hydrogens (primary N) is 1. The van der Waals surface area contributed by atoms with Crippen molar-refractivity contribution in [3.05, 3.63) is 0 Å². The number of carbonyl (C=O) groups excluding carboxylic acids is 1. The van der Waals surface area contributed by atoms with Crippen LogP contribution in [0.1, 0.15) is 25.7 Å². The fourth-order valence-electron chi connectivity index (χ4n) is 2.71. The molecule has 1 atom stereocenters. The number of carbonyl (C=O) groups is 1. The highest BCUT2D eigenvalue weighted by atomic mass is 32.1. The molecule has 3 N–H and O–H groups in total. The van der Waals surface area contributed by atoms with Crippen molar-refractivity contribution in [2.45, 2.75) is 25.7 Å². The highest BCUT2D eigenvalue weighted by Crippen LogP contribution is 2.41. The first-order valence-corrected chi connectivity index (χ1v) is 6.72. The van der Waals surface area contributed by atoms with E-state index in [1.165, 1.54) is 0 Å². The average molecular weight is 255 g/mol. The number of rotatable bonds is 4. The predicted molar refractivity (Wildman–Crippen MR) is 71.7 cm³/mol. The Morgan fingerprint density at radius 2 is 2.29 bits per heavy atom. The molecule has 17 heavy (non-hydrogen) atoms. The topological polar surface area (TPSA) is 58.4 Å². The highest BCUT2D eigenvalue weighted by Gasteiger charge is 2.46. The van der Waals surface area contributed by atoms with Crippen molar-refractivity contribution in [1.29, 1.82) is 0 Å². The zero-order valence-corrected chi connectivity index (χ0v) is 11.2. The van der Waals surface area contributed by atoms with E-state index in [1.54, 1.807) is 0 Å². The summed E-state index contributed by atoms with van der Waals surface area (Å²) in [6.07, 6.45) is 3.85. The lowest BCUT2D eigenvalue weighted by atomic mass is 9.68. The Bertz CT molecular complexity index is 328. The Morgan fingerprint density at radius 1 is 1.59 bits per heavy atom. The number of nitrogens with one attached hydrogen (secondary N) is 1. The summed E-state index contributed by atoms with van der Waals surface area (Å²) in [4.78, 5) is 14.8. The van der Waals surface area contributed by atoms with Crippen LogP contribution in [0.15, 0.2) is 0 Å². The van der Waals surface area contributed by atoms with E-state index in [2.05, 4.69) is 17.3 Å². The summed E-state index contributed by atoms with van der Waals surface area (Å²) >= 11 is 5.03. The molecule has 0 aromatic rings. The third kappa shape index (κ3) is 2.45. The second kappa shape index (κ2) is 4.90. The van der Waals surface area contributed by atoms with Crippen molar-refractivity contribution < 1.29 is 4.79 Å². The van der Waals surface area contributed by atoms with Gasteiger partial charge >= 0.3 is 0 Å². The van der Waals surface area contributed by atoms with Crippen molar-refractivity contribution >= 4 is 23.1 Å². The van der Waals surface area contributed by atoms with Gasteiger partial charge in [-0.2, -0.15) is 0 Å². The van der Waals surface area contributed by atoms with Gasteiger partial charge in [-0.1, -0.05) is 18.6 Å². The summed E-state index contributed by atoms with van der Waals surface area (Å²) in [5.74, 6) is 0.623. The molecule has 1 aliphatic heterocycles. The standard InChI is InChI=1S/C12H21N3OS/c1-15-6-3-9(8-15)7-14-11(16)12(10(13)17)4-2-5-12/h9H,2-8H2,1H3,(H2,13,17)(H,14,16). The lowest BCUT2D eigenvalue weighted by Crippen LogP contribution is -2.53. The number of thiocarbonyl (C=S) groups is 1. The predicted octanol–water partition coefficient (Wildman–Crippen LogP) is 0.511.